The monoisotopic (exact) mass is 447 g/mol. The minimum atomic E-state index is 0. The van der Waals surface area contributed by atoms with Crippen LogP contribution in [0.2, 0.25) is 0 Å². The highest BCUT2D eigenvalue weighted by Crippen LogP contribution is 2.18. The molecule has 0 rings (SSSR count). The largest absolute Gasteiger partial charge is 0.0776 e. The van der Waals surface area contributed by atoms with Gasteiger partial charge in [-0.3, -0.25) is 0 Å². The Bertz CT molecular complexity index is 230. The molecule has 198 valence electrons. The molecule has 0 fully saturated rings. The second-order valence-electron chi connectivity index (χ2n) is 14.6. The van der Waals surface area contributed by atoms with Gasteiger partial charge in [0.2, 0.25) is 0 Å². The Morgan fingerprint density at radius 1 is 0.258 bits per heavy atom. The highest BCUT2D eigenvalue weighted by molar-refractivity contribution is 4.57. The van der Waals surface area contributed by atoms with Gasteiger partial charge in [0.25, 0.3) is 0 Å². The molecular weight excluding hydrogens is 372 g/mol. The van der Waals surface area contributed by atoms with Crippen molar-refractivity contribution in [3.63, 3.8) is 0 Å². The fourth-order valence-corrected chi connectivity index (χ4v) is 0. The molecule has 0 amide bonds. The lowest BCUT2D eigenvalue weighted by Gasteiger charge is -2.12. The summed E-state index contributed by atoms with van der Waals surface area (Å²) in [6.45, 7) is 44.7. The van der Waals surface area contributed by atoms with Gasteiger partial charge in [-0.1, -0.05) is 178 Å². The van der Waals surface area contributed by atoms with Gasteiger partial charge in [-0.25, -0.2) is 0 Å². The lowest BCUT2D eigenvalue weighted by atomic mass is 9.94. The second kappa shape index (κ2) is 20.6. The van der Waals surface area contributed by atoms with Crippen LogP contribution in [0.15, 0.2) is 0 Å². The Morgan fingerprint density at radius 2 is 0.290 bits per heavy atom. The van der Waals surface area contributed by atoms with Crippen molar-refractivity contribution >= 4 is 0 Å². The van der Waals surface area contributed by atoms with Crippen molar-refractivity contribution in [2.45, 2.75) is 178 Å². The molecule has 0 bridgehead atoms. The van der Waals surface area contributed by atoms with Crippen LogP contribution in [0.25, 0.3) is 0 Å². The van der Waals surface area contributed by atoms with Gasteiger partial charge in [0, 0.05) is 0 Å². The molecule has 0 spiro atoms. The van der Waals surface area contributed by atoms with Crippen molar-refractivity contribution in [1.29, 1.82) is 0 Å². The van der Waals surface area contributed by atoms with Crippen LogP contribution in [-0.2, 0) is 0 Å². The SMILES string of the molecule is C.CCC(C)(C)C.CCC(C)(C)C.CCC(C)(C)C.CCC(C)(C)C.CCC(C)(C)C. The van der Waals surface area contributed by atoms with E-state index >= 15 is 0 Å². The summed E-state index contributed by atoms with van der Waals surface area (Å²) in [5.74, 6) is 0. The first-order valence-corrected chi connectivity index (χ1v) is 12.8. The zero-order valence-electron chi connectivity index (χ0n) is 26.0. The first-order valence-electron chi connectivity index (χ1n) is 12.8. The molecule has 0 aliphatic heterocycles. The number of hydrogen-bond acceptors (Lipinski definition) is 0. The van der Waals surface area contributed by atoms with Gasteiger partial charge in [0.05, 0.1) is 0 Å². The highest BCUT2D eigenvalue weighted by atomic mass is 14.1. The summed E-state index contributed by atoms with van der Waals surface area (Å²) in [6.07, 6.45) is 6.35. The molecule has 0 N–H and O–H groups in total. The minimum Gasteiger partial charge on any atom is -0.0776 e. The van der Waals surface area contributed by atoms with Gasteiger partial charge in [-0.05, 0) is 27.1 Å². The Hall–Kier alpha value is 0. The van der Waals surface area contributed by atoms with E-state index in [1.165, 1.54) is 32.1 Å². The lowest BCUT2D eigenvalue weighted by molar-refractivity contribution is 0.397. The van der Waals surface area contributed by atoms with Crippen LogP contribution in [0.1, 0.15) is 178 Å². The van der Waals surface area contributed by atoms with E-state index in [0.29, 0.717) is 27.1 Å². The first kappa shape index (κ1) is 44.6. The predicted molar refractivity (Wildman–Crippen MR) is 155 cm³/mol. The molecule has 0 saturated carbocycles. The second-order valence-corrected chi connectivity index (χ2v) is 14.6. The fourth-order valence-electron chi connectivity index (χ4n) is 0. The Kier molecular flexibility index (Phi) is 29.7. The molecule has 0 radical (unpaired) electrons. The highest BCUT2D eigenvalue weighted by Gasteiger charge is 2.05. The molecule has 0 nitrogen and oxygen atoms in total. The summed E-state index contributed by atoms with van der Waals surface area (Å²) in [5.41, 5.74) is 2.71. The minimum absolute atomic E-state index is 0. The van der Waals surface area contributed by atoms with Crippen LogP contribution in [0.4, 0.5) is 0 Å². The smallest absolute Gasteiger partial charge is 0.0385 e. The summed E-state index contributed by atoms with van der Waals surface area (Å²) >= 11 is 0. The standard InChI is InChI=1S/5C6H14.CH4/c5*1-5-6(2,3)4;/h5*5H2,1-4H3;1H4. The lowest BCUT2D eigenvalue weighted by Crippen LogP contribution is -2.00. The van der Waals surface area contributed by atoms with Crippen molar-refractivity contribution in [2.75, 3.05) is 0 Å². The third-order valence-corrected chi connectivity index (χ3v) is 5.30. The maximum atomic E-state index is 2.24. The quantitative estimate of drug-likeness (QED) is 0.347. The van der Waals surface area contributed by atoms with Crippen LogP contribution in [0.3, 0.4) is 0 Å². The molecule has 0 aliphatic carbocycles. The third-order valence-electron chi connectivity index (χ3n) is 5.30. The summed E-state index contributed by atoms with van der Waals surface area (Å²) in [6, 6.07) is 0. The Labute approximate surface area is 205 Å². The normalized spacial score (nSPS) is 11.6. The fraction of sp³-hybridized carbons (Fsp3) is 1.00. The average Bonchev–Trinajstić information content (AvgIpc) is 2.54. The average molecular weight is 447 g/mol. The molecule has 0 heteroatoms. The van der Waals surface area contributed by atoms with Crippen LogP contribution >= 0.6 is 0 Å². The van der Waals surface area contributed by atoms with Crippen LogP contribution in [0.5, 0.6) is 0 Å². The molecule has 0 atom stereocenters. The van der Waals surface area contributed by atoms with Crippen molar-refractivity contribution in [3.05, 3.63) is 0 Å². The van der Waals surface area contributed by atoms with Crippen molar-refractivity contribution in [2.24, 2.45) is 27.1 Å². The van der Waals surface area contributed by atoms with Gasteiger partial charge in [-0.15, -0.1) is 0 Å². The molecular formula is C31H74. The van der Waals surface area contributed by atoms with Crippen LogP contribution in [0, 0.1) is 27.1 Å². The van der Waals surface area contributed by atoms with Crippen molar-refractivity contribution in [3.8, 4) is 0 Å². The zero-order valence-corrected chi connectivity index (χ0v) is 26.0. The van der Waals surface area contributed by atoms with Gasteiger partial charge < -0.3 is 0 Å². The van der Waals surface area contributed by atoms with E-state index in [-0.39, 0.29) is 7.43 Å². The van der Waals surface area contributed by atoms with Gasteiger partial charge in [-0.2, -0.15) is 0 Å². The van der Waals surface area contributed by atoms with E-state index in [1.54, 1.807) is 0 Å². The molecule has 0 unspecified atom stereocenters. The van der Waals surface area contributed by atoms with E-state index in [1.807, 2.05) is 0 Å². The molecule has 0 saturated heterocycles. The van der Waals surface area contributed by atoms with Crippen LogP contribution in [-0.4, -0.2) is 0 Å². The topological polar surface area (TPSA) is 0 Å². The van der Waals surface area contributed by atoms with E-state index in [9.17, 15) is 0 Å². The maximum absolute atomic E-state index is 2.24. The van der Waals surface area contributed by atoms with E-state index < -0.39 is 0 Å². The first-order chi connectivity index (χ1) is 12.8. The summed E-state index contributed by atoms with van der Waals surface area (Å²) < 4.78 is 0. The molecule has 0 aliphatic rings. The van der Waals surface area contributed by atoms with Crippen molar-refractivity contribution in [1.82, 2.24) is 0 Å². The Balaban J connectivity index is -0.0000000625. The number of hydrogen-bond donors (Lipinski definition) is 0. The van der Waals surface area contributed by atoms with Crippen molar-refractivity contribution < 1.29 is 0 Å². The van der Waals surface area contributed by atoms with E-state index in [4.69, 9.17) is 0 Å². The van der Waals surface area contributed by atoms with Gasteiger partial charge in [0.15, 0.2) is 0 Å². The molecule has 0 aromatic carbocycles. The van der Waals surface area contributed by atoms with Crippen LogP contribution < -0.4 is 0 Å². The van der Waals surface area contributed by atoms with E-state index in [0.717, 1.165) is 0 Å². The summed E-state index contributed by atoms with van der Waals surface area (Å²) in [7, 11) is 0. The summed E-state index contributed by atoms with van der Waals surface area (Å²) in [4.78, 5) is 0. The van der Waals surface area contributed by atoms with Gasteiger partial charge >= 0.3 is 0 Å². The number of rotatable bonds is 0. The molecule has 31 heavy (non-hydrogen) atoms. The Morgan fingerprint density at radius 3 is 0.290 bits per heavy atom. The zero-order chi connectivity index (χ0) is 26.0. The molecule has 0 aromatic heterocycles. The molecule has 0 heterocycles. The third kappa shape index (κ3) is 105. The summed E-state index contributed by atoms with van der Waals surface area (Å²) in [5, 5.41) is 0. The maximum Gasteiger partial charge on any atom is -0.0385 e. The van der Waals surface area contributed by atoms with Gasteiger partial charge in [0.1, 0.15) is 0 Å². The predicted octanol–water partition coefficient (Wildman–Crippen LogP) is 12.8. The van der Waals surface area contributed by atoms with E-state index in [2.05, 4.69) is 138 Å². The molecule has 0 aromatic rings.